The average Bonchev–Trinajstić information content (AvgIpc) is 2.94. The molecule has 96 valence electrons. The fraction of sp³-hybridized carbons (Fsp3) is 0.133. The van der Waals surface area contributed by atoms with Gasteiger partial charge in [-0.05, 0) is 31.2 Å². The van der Waals surface area contributed by atoms with Crippen molar-refractivity contribution in [1.82, 2.24) is 4.98 Å². The summed E-state index contributed by atoms with van der Waals surface area (Å²) in [5.41, 5.74) is 8.45. The average molecular weight is 253 g/mol. The van der Waals surface area contributed by atoms with Gasteiger partial charge in [-0.15, -0.1) is 0 Å². The number of pyridine rings is 1. The van der Waals surface area contributed by atoms with Gasteiger partial charge in [0.25, 0.3) is 0 Å². The van der Waals surface area contributed by atoms with Gasteiger partial charge >= 0.3 is 0 Å². The predicted octanol–water partition coefficient (Wildman–Crippen LogP) is 3.58. The molecule has 0 saturated carbocycles. The van der Waals surface area contributed by atoms with Gasteiger partial charge in [-0.25, -0.2) is 0 Å². The Labute approximate surface area is 111 Å². The van der Waals surface area contributed by atoms with E-state index in [1.807, 2.05) is 36.4 Å². The Bertz CT molecular complexity index is 692. The second kappa shape index (κ2) is 4.65. The van der Waals surface area contributed by atoms with Crippen LogP contribution in [0.25, 0.3) is 10.9 Å². The number of hydrogen-bond donors (Lipinski definition) is 2. The van der Waals surface area contributed by atoms with Gasteiger partial charge < -0.3 is 15.5 Å². The van der Waals surface area contributed by atoms with Crippen LogP contribution in [0.3, 0.4) is 0 Å². The van der Waals surface area contributed by atoms with Crippen molar-refractivity contribution in [1.29, 1.82) is 0 Å². The van der Waals surface area contributed by atoms with Crippen LogP contribution in [0.5, 0.6) is 0 Å². The van der Waals surface area contributed by atoms with Crippen molar-refractivity contribution in [2.45, 2.75) is 13.0 Å². The van der Waals surface area contributed by atoms with E-state index in [1.54, 1.807) is 12.5 Å². The van der Waals surface area contributed by atoms with Gasteiger partial charge in [0.15, 0.2) is 0 Å². The lowest BCUT2D eigenvalue weighted by molar-refractivity contribution is 0.491. The van der Waals surface area contributed by atoms with Crippen LogP contribution in [-0.2, 0) is 0 Å². The van der Waals surface area contributed by atoms with Crippen LogP contribution < -0.4 is 11.1 Å². The van der Waals surface area contributed by atoms with E-state index in [0.29, 0.717) is 5.69 Å². The van der Waals surface area contributed by atoms with Crippen LogP contribution in [0.1, 0.15) is 18.7 Å². The summed E-state index contributed by atoms with van der Waals surface area (Å²) in [6.45, 7) is 2.05. The van der Waals surface area contributed by atoms with Crippen molar-refractivity contribution in [3.63, 3.8) is 0 Å². The number of rotatable bonds is 3. The van der Waals surface area contributed by atoms with Crippen molar-refractivity contribution >= 4 is 22.3 Å². The molecule has 3 aromatic rings. The molecule has 0 aliphatic carbocycles. The maximum absolute atomic E-state index is 5.94. The SMILES string of the molecule is CC(Nc1ccnc2c(N)cccc12)c1ccco1. The molecular formula is C15H15N3O. The van der Waals surface area contributed by atoms with Gasteiger partial charge in [-0.1, -0.05) is 12.1 Å². The molecule has 2 heterocycles. The number of nitrogen functional groups attached to an aromatic ring is 1. The summed E-state index contributed by atoms with van der Waals surface area (Å²) in [6, 6.07) is 11.7. The van der Waals surface area contributed by atoms with Crippen LogP contribution in [0.4, 0.5) is 11.4 Å². The van der Waals surface area contributed by atoms with Crippen LogP contribution >= 0.6 is 0 Å². The first kappa shape index (κ1) is 11.6. The molecule has 0 bridgehead atoms. The molecule has 1 unspecified atom stereocenters. The lowest BCUT2D eigenvalue weighted by Crippen LogP contribution is -2.06. The lowest BCUT2D eigenvalue weighted by Gasteiger charge is -2.15. The smallest absolute Gasteiger partial charge is 0.125 e. The van der Waals surface area contributed by atoms with Crippen LogP contribution in [0.2, 0.25) is 0 Å². The van der Waals surface area contributed by atoms with Crippen molar-refractivity contribution in [2.75, 3.05) is 11.1 Å². The van der Waals surface area contributed by atoms with Gasteiger partial charge in [0.05, 0.1) is 23.5 Å². The first-order valence-corrected chi connectivity index (χ1v) is 6.19. The minimum absolute atomic E-state index is 0.0852. The molecule has 4 heteroatoms. The van der Waals surface area contributed by atoms with Crippen LogP contribution in [0, 0.1) is 0 Å². The molecule has 0 aliphatic rings. The minimum Gasteiger partial charge on any atom is -0.467 e. The standard InChI is InChI=1S/C15H15N3O/c1-10(14-6-3-9-19-14)18-13-7-8-17-15-11(13)4-2-5-12(15)16/h2-10H,16H2,1H3,(H,17,18). The highest BCUT2D eigenvalue weighted by Crippen LogP contribution is 2.28. The molecule has 1 aromatic carbocycles. The summed E-state index contributed by atoms with van der Waals surface area (Å²) in [5.74, 6) is 0.897. The third kappa shape index (κ3) is 2.12. The van der Waals surface area contributed by atoms with Gasteiger partial charge in [0.2, 0.25) is 0 Å². The molecule has 0 spiro atoms. The molecule has 0 aliphatic heterocycles. The van der Waals surface area contributed by atoms with Gasteiger partial charge in [-0.3, -0.25) is 4.98 Å². The normalized spacial score (nSPS) is 12.5. The van der Waals surface area contributed by atoms with E-state index in [0.717, 1.165) is 22.4 Å². The van der Waals surface area contributed by atoms with E-state index in [1.165, 1.54) is 0 Å². The predicted molar refractivity (Wildman–Crippen MR) is 76.9 cm³/mol. The number of aromatic nitrogens is 1. The Hall–Kier alpha value is -2.49. The molecule has 2 aromatic heterocycles. The highest BCUT2D eigenvalue weighted by Gasteiger charge is 2.10. The number of furan rings is 1. The number of nitrogens with two attached hydrogens (primary N) is 1. The Kier molecular flexibility index (Phi) is 2.83. The topological polar surface area (TPSA) is 64.1 Å². The number of hydrogen-bond acceptors (Lipinski definition) is 4. The minimum atomic E-state index is 0.0852. The highest BCUT2D eigenvalue weighted by atomic mass is 16.3. The van der Waals surface area contributed by atoms with Crippen molar-refractivity contribution < 1.29 is 4.42 Å². The fourth-order valence-corrected chi connectivity index (χ4v) is 2.17. The number of benzene rings is 1. The monoisotopic (exact) mass is 253 g/mol. The van der Waals surface area contributed by atoms with Crippen molar-refractivity contribution in [3.8, 4) is 0 Å². The van der Waals surface area contributed by atoms with E-state index in [2.05, 4.69) is 17.2 Å². The second-order valence-electron chi connectivity index (χ2n) is 4.48. The van der Waals surface area contributed by atoms with E-state index >= 15 is 0 Å². The third-order valence-electron chi connectivity index (χ3n) is 3.14. The molecule has 3 N–H and O–H groups in total. The molecule has 3 rings (SSSR count). The largest absolute Gasteiger partial charge is 0.467 e. The first-order valence-electron chi connectivity index (χ1n) is 6.19. The van der Waals surface area contributed by atoms with Gasteiger partial charge in [-0.2, -0.15) is 0 Å². The summed E-state index contributed by atoms with van der Waals surface area (Å²) >= 11 is 0. The summed E-state index contributed by atoms with van der Waals surface area (Å²) in [6.07, 6.45) is 3.44. The zero-order valence-corrected chi connectivity index (χ0v) is 10.6. The number of anilines is 2. The molecule has 19 heavy (non-hydrogen) atoms. The van der Waals surface area contributed by atoms with Crippen molar-refractivity contribution in [3.05, 3.63) is 54.6 Å². The third-order valence-corrected chi connectivity index (χ3v) is 3.14. The first-order chi connectivity index (χ1) is 9.25. The Morgan fingerprint density at radius 3 is 2.89 bits per heavy atom. The fourth-order valence-electron chi connectivity index (χ4n) is 2.17. The van der Waals surface area contributed by atoms with E-state index in [-0.39, 0.29) is 6.04 Å². The second-order valence-corrected chi connectivity index (χ2v) is 4.48. The lowest BCUT2D eigenvalue weighted by atomic mass is 10.1. The Morgan fingerprint density at radius 2 is 2.11 bits per heavy atom. The zero-order chi connectivity index (χ0) is 13.2. The molecule has 1 atom stereocenters. The molecule has 0 fully saturated rings. The molecule has 0 amide bonds. The maximum Gasteiger partial charge on any atom is 0.125 e. The summed E-state index contributed by atoms with van der Waals surface area (Å²) in [5, 5.41) is 4.44. The van der Waals surface area contributed by atoms with Crippen LogP contribution in [0.15, 0.2) is 53.3 Å². The summed E-state index contributed by atoms with van der Waals surface area (Å²) in [7, 11) is 0. The summed E-state index contributed by atoms with van der Waals surface area (Å²) < 4.78 is 5.40. The summed E-state index contributed by atoms with van der Waals surface area (Å²) in [4.78, 5) is 4.32. The quantitative estimate of drug-likeness (QED) is 0.700. The number of para-hydroxylation sites is 1. The molecule has 0 radical (unpaired) electrons. The molecule has 4 nitrogen and oxygen atoms in total. The maximum atomic E-state index is 5.94. The highest BCUT2D eigenvalue weighted by molar-refractivity contribution is 5.97. The van der Waals surface area contributed by atoms with E-state index in [4.69, 9.17) is 10.2 Å². The van der Waals surface area contributed by atoms with E-state index in [9.17, 15) is 0 Å². The number of fused-ring (bicyclic) bond motifs is 1. The van der Waals surface area contributed by atoms with E-state index < -0.39 is 0 Å². The van der Waals surface area contributed by atoms with Crippen molar-refractivity contribution in [2.24, 2.45) is 0 Å². The molecular weight excluding hydrogens is 238 g/mol. The van der Waals surface area contributed by atoms with Gasteiger partial charge in [0.1, 0.15) is 5.76 Å². The molecule has 0 saturated heterocycles. The Balaban J connectivity index is 1.99. The number of nitrogens with one attached hydrogen (secondary N) is 1. The Morgan fingerprint density at radius 1 is 1.21 bits per heavy atom. The van der Waals surface area contributed by atoms with Crippen LogP contribution in [-0.4, -0.2) is 4.98 Å². The zero-order valence-electron chi connectivity index (χ0n) is 10.6. The van der Waals surface area contributed by atoms with Gasteiger partial charge in [0, 0.05) is 17.3 Å². The number of nitrogens with zero attached hydrogens (tertiary/aromatic N) is 1.